The summed E-state index contributed by atoms with van der Waals surface area (Å²) >= 11 is 0.181. The van der Waals surface area contributed by atoms with Crippen molar-refractivity contribution in [2.45, 2.75) is 25.8 Å². The van der Waals surface area contributed by atoms with Crippen molar-refractivity contribution in [3.63, 3.8) is 0 Å². The van der Waals surface area contributed by atoms with Crippen LogP contribution in [0.25, 0.3) is 9.65 Å². The molecule has 0 saturated carbocycles. The molecule has 1 aromatic heterocycles. The molecule has 0 saturated heterocycles. The molecule has 20 heavy (non-hydrogen) atoms. The summed E-state index contributed by atoms with van der Waals surface area (Å²) < 4.78 is 3.26. The Morgan fingerprint density at radius 1 is 0.900 bits per heavy atom. The number of fused-ring (bicyclic) bond motifs is 1. The van der Waals surface area contributed by atoms with Crippen LogP contribution in [0.2, 0.25) is 0 Å². The zero-order valence-electron chi connectivity index (χ0n) is 11.3. The minimum atomic E-state index is 0.181. The van der Waals surface area contributed by atoms with Gasteiger partial charge in [-0.25, -0.2) is 0 Å². The first-order chi connectivity index (χ1) is 9.84. The van der Waals surface area contributed by atoms with Crippen LogP contribution in [0.1, 0.15) is 18.4 Å². The van der Waals surface area contributed by atoms with Crippen LogP contribution in [0.4, 0.5) is 0 Å². The zero-order chi connectivity index (χ0) is 13.8. The molecule has 0 bridgehead atoms. The van der Waals surface area contributed by atoms with E-state index in [9.17, 15) is 4.79 Å². The summed E-state index contributed by atoms with van der Waals surface area (Å²) in [6.45, 7) is 0.889. The van der Waals surface area contributed by atoms with Gasteiger partial charge in [-0.3, -0.25) is 0 Å². The zero-order valence-corrected chi connectivity index (χ0v) is 13.0. The predicted molar refractivity (Wildman–Crippen MR) is 84.5 cm³/mol. The van der Waals surface area contributed by atoms with E-state index < -0.39 is 0 Å². The maximum absolute atomic E-state index is 12.2. The van der Waals surface area contributed by atoms with Gasteiger partial charge in [0.1, 0.15) is 0 Å². The molecule has 0 radical (unpaired) electrons. The fourth-order valence-electron chi connectivity index (χ4n) is 2.39. The third-order valence-corrected chi connectivity index (χ3v) is 5.82. The summed E-state index contributed by atoms with van der Waals surface area (Å²) in [4.78, 5) is 12.2. The van der Waals surface area contributed by atoms with Crippen LogP contribution in [0.15, 0.2) is 59.4 Å². The average Bonchev–Trinajstić information content (AvgIpc) is 2.82. The summed E-state index contributed by atoms with van der Waals surface area (Å²) in [6.07, 6.45) is 3.32. The van der Waals surface area contributed by atoms with Crippen LogP contribution >= 0.6 is 0 Å². The van der Waals surface area contributed by atoms with Gasteiger partial charge in [0.15, 0.2) is 0 Å². The van der Waals surface area contributed by atoms with Gasteiger partial charge in [-0.1, -0.05) is 0 Å². The molecule has 0 aliphatic rings. The Kier molecular flexibility index (Phi) is 4.19. The van der Waals surface area contributed by atoms with E-state index in [4.69, 9.17) is 0 Å². The van der Waals surface area contributed by atoms with Crippen molar-refractivity contribution < 1.29 is 0 Å². The first-order valence-corrected chi connectivity index (χ1v) is 8.59. The van der Waals surface area contributed by atoms with Crippen molar-refractivity contribution in [2.75, 3.05) is 0 Å². The van der Waals surface area contributed by atoms with Crippen LogP contribution in [0, 0.1) is 0 Å². The second-order valence-electron chi connectivity index (χ2n) is 4.94. The summed E-state index contributed by atoms with van der Waals surface area (Å²) in [7, 11) is 0. The molecule has 102 valence electrons. The summed E-state index contributed by atoms with van der Waals surface area (Å²) in [5.74, 6) is 0. The molecule has 3 heteroatoms. The van der Waals surface area contributed by atoms with Gasteiger partial charge in [0, 0.05) is 0 Å². The van der Waals surface area contributed by atoms with Crippen molar-refractivity contribution in [2.24, 2.45) is 0 Å². The third-order valence-electron chi connectivity index (χ3n) is 3.47. The van der Waals surface area contributed by atoms with Crippen molar-refractivity contribution in [1.29, 1.82) is 0 Å². The minimum absolute atomic E-state index is 0.181. The number of hydrogen-bond donors (Lipinski definition) is 0. The molecule has 0 unspecified atom stereocenters. The second kappa shape index (κ2) is 6.25. The molecular formula is C17H17NOSe. The Balaban J connectivity index is 1.60. The standard InChI is InChI=1S/C17H17NOSe/c19-17-15-11-4-5-12-16(15)20-18(17)13-7-6-10-14-8-2-1-3-9-14/h1-5,8-9,11-12H,6-7,10,13H2. The molecule has 0 fully saturated rings. The fraction of sp³-hybridized carbons (Fsp3) is 0.235. The molecular weight excluding hydrogens is 313 g/mol. The Bertz CT molecular complexity index is 742. The van der Waals surface area contributed by atoms with Gasteiger partial charge in [0.2, 0.25) is 0 Å². The van der Waals surface area contributed by atoms with E-state index in [2.05, 4.69) is 30.3 Å². The monoisotopic (exact) mass is 331 g/mol. The molecule has 2 aromatic carbocycles. The predicted octanol–water partition coefficient (Wildman–Crippen LogP) is 3.08. The van der Waals surface area contributed by atoms with E-state index >= 15 is 0 Å². The fourth-order valence-corrected chi connectivity index (χ4v) is 4.56. The first-order valence-electron chi connectivity index (χ1n) is 6.97. The molecule has 0 aliphatic heterocycles. The Morgan fingerprint density at radius 3 is 2.45 bits per heavy atom. The first kappa shape index (κ1) is 13.4. The summed E-state index contributed by atoms with van der Waals surface area (Å²) in [5.41, 5.74) is 1.61. The third kappa shape index (κ3) is 2.95. The molecule has 3 aromatic rings. The van der Waals surface area contributed by atoms with Gasteiger partial charge in [-0.15, -0.1) is 0 Å². The van der Waals surface area contributed by atoms with Crippen LogP contribution in [-0.2, 0) is 13.0 Å². The second-order valence-corrected chi connectivity index (χ2v) is 7.17. The average molecular weight is 330 g/mol. The number of aromatic nitrogens is 1. The quantitative estimate of drug-likeness (QED) is 0.520. The van der Waals surface area contributed by atoms with E-state index in [0.717, 1.165) is 31.2 Å². The van der Waals surface area contributed by atoms with E-state index in [1.54, 1.807) is 0 Å². The van der Waals surface area contributed by atoms with Crippen molar-refractivity contribution in [3.8, 4) is 0 Å². The van der Waals surface area contributed by atoms with Gasteiger partial charge < -0.3 is 0 Å². The van der Waals surface area contributed by atoms with Crippen LogP contribution in [0.3, 0.4) is 0 Å². The Hall–Kier alpha value is -1.57. The van der Waals surface area contributed by atoms with E-state index in [1.807, 2.05) is 27.8 Å². The molecule has 3 rings (SSSR count). The molecule has 0 aliphatic carbocycles. The van der Waals surface area contributed by atoms with Crippen LogP contribution < -0.4 is 5.56 Å². The van der Waals surface area contributed by atoms with Crippen LogP contribution in [0.5, 0.6) is 0 Å². The number of unbranched alkanes of at least 4 members (excludes halogenated alkanes) is 1. The van der Waals surface area contributed by atoms with E-state index in [1.165, 1.54) is 9.82 Å². The normalized spacial score (nSPS) is 11.0. The summed E-state index contributed by atoms with van der Waals surface area (Å²) in [6, 6.07) is 18.5. The molecule has 2 nitrogen and oxygen atoms in total. The van der Waals surface area contributed by atoms with Crippen molar-refractivity contribution in [1.82, 2.24) is 3.56 Å². The van der Waals surface area contributed by atoms with E-state index in [-0.39, 0.29) is 20.3 Å². The number of benzene rings is 2. The van der Waals surface area contributed by atoms with Crippen molar-refractivity contribution in [3.05, 3.63) is 70.5 Å². The van der Waals surface area contributed by atoms with Gasteiger partial charge in [-0.2, -0.15) is 0 Å². The number of rotatable bonds is 5. The number of aryl methyl sites for hydroxylation is 2. The molecule has 0 spiro atoms. The number of nitrogens with zero attached hydrogens (tertiary/aromatic N) is 1. The molecule has 0 amide bonds. The van der Waals surface area contributed by atoms with Gasteiger partial charge >= 0.3 is 124 Å². The van der Waals surface area contributed by atoms with Gasteiger partial charge in [0.25, 0.3) is 0 Å². The SMILES string of the molecule is O=c1c2ccccc2[se]n1CCCCc1ccccc1. The maximum atomic E-state index is 12.2. The molecule has 0 N–H and O–H groups in total. The molecule has 1 heterocycles. The van der Waals surface area contributed by atoms with Crippen LogP contribution in [-0.4, -0.2) is 18.3 Å². The Labute approximate surface area is 124 Å². The van der Waals surface area contributed by atoms with Gasteiger partial charge in [0.05, 0.1) is 0 Å². The number of hydrogen-bond acceptors (Lipinski definition) is 1. The Morgan fingerprint density at radius 2 is 1.65 bits per heavy atom. The topological polar surface area (TPSA) is 22.0 Å². The summed E-state index contributed by atoms with van der Waals surface area (Å²) in [5, 5.41) is 0.913. The van der Waals surface area contributed by atoms with Gasteiger partial charge in [-0.05, 0) is 0 Å². The molecule has 0 atom stereocenters. The van der Waals surface area contributed by atoms with Crippen molar-refractivity contribution >= 4 is 24.4 Å². The van der Waals surface area contributed by atoms with E-state index in [0.29, 0.717) is 0 Å².